The first-order chi connectivity index (χ1) is 5.70. The van der Waals surface area contributed by atoms with E-state index in [1.54, 1.807) is 13.2 Å². The van der Waals surface area contributed by atoms with Gasteiger partial charge in [-0.2, -0.15) is 0 Å². The van der Waals surface area contributed by atoms with Crippen LogP contribution in [0.2, 0.25) is 0 Å². The first-order valence-corrected chi connectivity index (χ1v) is 3.58. The Labute approximate surface area is 72.3 Å². The highest BCUT2D eigenvalue weighted by Crippen LogP contribution is 1.84. The summed E-state index contributed by atoms with van der Waals surface area (Å²) in [5.74, 6) is 0. The number of carbonyl (C=O) groups is 1. The molecule has 1 atom stereocenters. The van der Waals surface area contributed by atoms with E-state index in [0.717, 1.165) is 0 Å². The van der Waals surface area contributed by atoms with E-state index in [1.165, 1.54) is 12.5 Å². The van der Waals surface area contributed by atoms with Crippen LogP contribution in [0.4, 0.5) is 4.79 Å². The van der Waals surface area contributed by atoms with Gasteiger partial charge in [0, 0.05) is 6.04 Å². The SMILES string of the molecule is C=CNC(=O)NC(C)C=COC. The number of hydrogen-bond acceptors (Lipinski definition) is 2. The van der Waals surface area contributed by atoms with Crippen molar-refractivity contribution in [3.05, 3.63) is 25.1 Å². The van der Waals surface area contributed by atoms with Crippen molar-refractivity contribution in [1.82, 2.24) is 10.6 Å². The van der Waals surface area contributed by atoms with Crippen LogP contribution < -0.4 is 10.6 Å². The summed E-state index contributed by atoms with van der Waals surface area (Å²) in [7, 11) is 1.55. The lowest BCUT2D eigenvalue weighted by Gasteiger charge is -2.07. The molecule has 0 saturated carbocycles. The van der Waals surface area contributed by atoms with Crippen molar-refractivity contribution in [3.8, 4) is 0 Å². The molecule has 0 aromatic rings. The number of amides is 2. The van der Waals surface area contributed by atoms with Crippen molar-refractivity contribution in [2.24, 2.45) is 0 Å². The Morgan fingerprint density at radius 3 is 2.83 bits per heavy atom. The molecule has 0 aliphatic heterocycles. The van der Waals surface area contributed by atoms with Crippen LogP contribution >= 0.6 is 0 Å². The molecule has 68 valence electrons. The highest BCUT2D eigenvalue weighted by atomic mass is 16.5. The summed E-state index contributed by atoms with van der Waals surface area (Å²) in [6.45, 7) is 5.19. The van der Waals surface area contributed by atoms with Gasteiger partial charge in [0.05, 0.1) is 13.4 Å². The molecule has 0 rings (SSSR count). The molecule has 0 aromatic heterocycles. The minimum atomic E-state index is -0.279. The normalized spacial score (nSPS) is 12.2. The molecule has 0 fully saturated rings. The lowest BCUT2D eigenvalue weighted by Crippen LogP contribution is -2.37. The Morgan fingerprint density at radius 1 is 1.67 bits per heavy atom. The molecule has 4 nitrogen and oxygen atoms in total. The Balaban J connectivity index is 3.67. The Morgan fingerprint density at radius 2 is 2.33 bits per heavy atom. The smallest absolute Gasteiger partial charge is 0.319 e. The fourth-order valence-corrected chi connectivity index (χ4v) is 0.586. The van der Waals surface area contributed by atoms with Crippen LogP contribution in [0.15, 0.2) is 25.1 Å². The van der Waals surface area contributed by atoms with E-state index in [4.69, 9.17) is 0 Å². The number of ether oxygens (including phenoxy) is 1. The van der Waals surface area contributed by atoms with Gasteiger partial charge in [-0.15, -0.1) is 0 Å². The summed E-state index contributed by atoms with van der Waals surface area (Å²) < 4.78 is 4.68. The van der Waals surface area contributed by atoms with Gasteiger partial charge in [0.15, 0.2) is 0 Å². The third-order valence-electron chi connectivity index (χ3n) is 1.10. The van der Waals surface area contributed by atoms with E-state index < -0.39 is 0 Å². The average molecular weight is 170 g/mol. The first-order valence-electron chi connectivity index (χ1n) is 3.58. The zero-order valence-corrected chi connectivity index (χ0v) is 7.33. The monoisotopic (exact) mass is 170 g/mol. The van der Waals surface area contributed by atoms with E-state index in [0.29, 0.717) is 0 Å². The van der Waals surface area contributed by atoms with Crippen LogP contribution in [-0.4, -0.2) is 19.2 Å². The van der Waals surface area contributed by atoms with Crippen LogP contribution in [0.25, 0.3) is 0 Å². The summed E-state index contributed by atoms with van der Waals surface area (Å²) in [6.07, 6.45) is 4.56. The standard InChI is InChI=1S/C8H14N2O2/c1-4-9-8(11)10-7(2)5-6-12-3/h4-7H,1H2,2-3H3,(H2,9,10,11). The summed E-state index contributed by atoms with van der Waals surface area (Å²) in [5, 5.41) is 5.02. The lowest BCUT2D eigenvalue weighted by molar-refractivity contribution is 0.242. The van der Waals surface area contributed by atoms with Gasteiger partial charge in [-0.05, 0) is 19.2 Å². The Hall–Kier alpha value is -1.45. The lowest BCUT2D eigenvalue weighted by atomic mass is 10.3. The topological polar surface area (TPSA) is 50.4 Å². The number of hydrogen-bond donors (Lipinski definition) is 2. The molecule has 0 radical (unpaired) electrons. The predicted molar refractivity (Wildman–Crippen MR) is 47.5 cm³/mol. The van der Waals surface area contributed by atoms with Gasteiger partial charge in [-0.1, -0.05) is 6.58 Å². The quantitative estimate of drug-likeness (QED) is 0.618. The second-order valence-corrected chi connectivity index (χ2v) is 2.17. The molecule has 4 heteroatoms. The summed E-state index contributed by atoms with van der Waals surface area (Å²) >= 11 is 0. The fraction of sp³-hybridized carbons (Fsp3) is 0.375. The molecule has 0 spiro atoms. The van der Waals surface area contributed by atoms with Crippen LogP contribution in [0, 0.1) is 0 Å². The molecule has 2 amide bonds. The third kappa shape index (κ3) is 5.34. The zero-order valence-electron chi connectivity index (χ0n) is 7.33. The van der Waals surface area contributed by atoms with Crippen LogP contribution in [0.3, 0.4) is 0 Å². The van der Waals surface area contributed by atoms with E-state index in [-0.39, 0.29) is 12.1 Å². The Kier molecular flexibility index (Phi) is 5.51. The molecule has 0 aliphatic rings. The highest BCUT2D eigenvalue weighted by molar-refractivity contribution is 5.75. The van der Waals surface area contributed by atoms with E-state index in [1.807, 2.05) is 6.92 Å². The number of urea groups is 1. The average Bonchev–Trinajstić information content (AvgIpc) is 2.01. The molecule has 0 bridgehead atoms. The maximum Gasteiger partial charge on any atom is 0.319 e. The van der Waals surface area contributed by atoms with E-state index >= 15 is 0 Å². The molecule has 0 saturated heterocycles. The summed E-state index contributed by atoms with van der Waals surface area (Å²) in [6, 6.07) is -0.344. The largest absolute Gasteiger partial charge is 0.505 e. The fourth-order valence-electron chi connectivity index (χ4n) is 0.586. The van der Waals surface area contributed by atoms with Gasteiger partial charge in [0.1, 0.15) is 0 Å². The van der Waals surface area contributed by atoms with E-state index in [2.05, 4.69) is 21.9 Å². The van der Waals surface area contributed by atoms with Gasteiger partial charge in [0.25, 0.3) is 0 Å². The predicted octanol–water partition coefficient (Wildman–Crippen LogP) is 0.978. The zero-order chi connectivity index (χ0) is 9.40. The van der Waals surface area contributed by atoms with Gasteiger partial charge in [-0.25, -0.2) is 4.79 Å². The van der Waals surface area contributed by atoms with Gasteiger partial charge >= 0.3 is 6.03 Å². The van der Waals surface area contributed by atoms with Crippen molar-refractivity contribution in [3.63, 3.8) is 0 Å². The molecule has 12 heavy (non-hydrogen) atoms. The Bertz CT molecular complexity index is 178. The van der Waals surface area contributed by atoms with Gasteiger partial charge in [-0.3, -0.25) is 0 Å². The minimum Gasteiger partial charge on any atom is -0.505 e. The van der Waals surface area contributed by atoms with Crippen molar-refractivity contribution >= 4 is 6.03 Å². The number of carbonyl (C=O) groups excluding carboxylic acids is 1. The molecule has 0 aromatic carbocycles. The van der Waals surface area contributed by atoms with Crippen LogP contribution in [0.1, 0.15) is 6.92 Å². The highest BCUT2D eigenvalue weighted by Gasteiger charge is 2.00. The number of nitrogens with one attached hydrogen (secondary N) is 2. The molecule has 0 aliphatic carbocycles. The third-order valence-corrected chi connectivity index (χ3v) is 1.10. The number of methoxy groups -OCH3 is 1. The summed E-state index contributed by atoms with van der Waals surface area (Å²) in [5.41, 5.74) is 0. The minimum absolute atomic E-state index is 0.0649. The van der Waals surface area contributed by atoms with Crippen LogP contribution in [-0.2, 0) is 4.74 Å². The van der Waals surface area contributed by atoms with Crippen LogP contribution in [0.5, 0.6) is 0 Å². The molecule has 0 heterocycles. The molecular formula is C8H14N2O2. The van der Waals surface area contributed by atoms with Crippen molar-refractivity contribution in [2.75, 3.05) is 7.11 Å². The van der Waals surface area contributed by atoms with Crippen molar-refractivity contribution in [2.45, 2.75) is 13.0 Å². The first kappa shape index (κ1) is 10.6. The maximum absolute atomic E-state index is 10.8. The van der Waals surface area contributed by atoms with Crippen molar-refractivity contribution < 1.29 is 9.53 Å². The van der Waals surface area contributed by atoms with E-state index in [9.17, 15) is 4.79 Å². The molecule has 1 unspecified atom stereocenters. The second-order valence-electron chi connectivity index (χ2n) is 2.17. The molecular weight excluding hydrogens is 156 g/mol. The molecule has 2 N–H and O–H groups in total. The second kappa shape index (κ2) is 6.27. The summed E-state index contributed by atoms with van der Waals surface area (Å²) in [4.78, 5) is 10.8. The van der Waals surface area contributed by atoms with Gasteiger partial charge < -0.3 is 15.4 Å². The van der Waals surface area contributed by atoms with Gasteiger partial charge in [0.2, 0.25) is 0 Å². The maximum atomic E-state index is 10.8. The van der Waals surface area contributed by atoms with Crippen molar-refractivity contribution in [1.29, 1.82) is 0 Å². The number of rotatable bonds is 4.